The van der Waals surface area contributed by atoms with Crippen LogP contribution < -0.4 is 9.80 Å². The number of pyridine rings is 2. The molecule has 10 rings (SSSR count). The van der Waals surface area contributed by atoms with Gasteiger partial charge in [-0.05, 0) is 126 Å². The molecule has 15 nitrogen and oxygen atoms in total. The Morgan fingerprint density at radius 1 is 0.582 bits per heavy atom. The summed E-state index contributed by atoms with van der Waals surface area (Å²) in [6, 6.07) is 15.9. The van der Waals surface area contributed by atoms with Gasteiger partial charge in [-0.15, -0.1) is 0 Å². The third-order valence-corrected chi connectivity index (χ3v) is 13.2. The Bertz CT molecular complexity index is 2780. The molecule has 6 aromatic rings. The Balaban J connectivity index is 0.000000171. The Labute approximate surface area is 388 Å². The van der Waals surface area contributed by atoms with Gasteiger partial charge in [0.25, 0.3) is 0 Å². The number of halogens is 2. The van der Waals surface area contributed by atoms with Crippen molar-refractivity contribution >= 4 is 51.5 Å². The zero-order chi connectivity index (χ0) is 47.0. The molecule has 0 spiro atoms. The number of methoxy groups -OCH3 is 2. The molecule has 4 aromatic heterocycles. The van der Waals surface area contributed by atoms with Gasteiger partial charge in [-0.2, -0.15) is 10.2 Å². The molecule has 2 aliphatic carbocycles. The zero-order valence-corrected chi connectivity index (χ0v) is 38.8. The maximum absolute atomic E-state index is 13.7. The van der Waals surface area contributed by atoms with Crippen LogP contribution in [0.25, 0.3) is 33.4 Å². The van der Waals surface area contributed by atoms with Crippen molar-refractivity contribution in [3.63, 3.8) is 0 Å². The van der Waals surface area contributed by atoms with E-state index in [1.165, 1.54) is 51.3 Å². The summed E-state index contributed by atoms with van der Waals surface area (Å²) in [4.78, 5) is 53.2. The fraction of sp³-hybridized carbons (Fsp3) is 0.460. The van der Waals surface area contributed by atoms with E-state index in [9.17, 15) is 23.2 Å². The summed E-state index contributed by atoms with van der Waals surface area (Å²) < 4.78 is 46.2. The number of carbonyl (C=O) groups is 3. The highest BCUT2D eigenvalue weighted by atomic mass is 19.1. The van der Waals surface area contributed by atoms with Crippen molar-refractivity contribution in [3.05, 3.63) is 95.1 Å². The third-order valence-electron chi connectivity index (χ3n) is 13.2. The molecule has 67 heavy (non-hydrogen) atoms. The predicted octanol–water partition coefficient (Wildman–Crippen LogP) is 9.27. The summed E-state index contributed by atoms with van der Waals surface area (Å²) >= 11 is 0. The summed E-state index contributed by atoms with van der Waals surface area (Å²) in [6.45, 7) is 9.54. The molecule has 0 N–H and O–H groups in total. The maximum atomic E-state index is 13.7. The van der Waals surface area contributed by atoms with Crippen molar-refractivity contribution < 1.29 is 37.4 Å². The first-order chi connectivity index (χ1) is 32.3. The lowest BCUT2D eigenvalue weighted by atomic mass is 9.82. The fourth-order valence-electron chi connectivity index (χ4n) is 9.21. The average molecular weight is 918 g/mol. The van der Waals surface area contributed by atoms with Gasteiger partial charge in [0, 0.05) is 51.1 Å². The number of aromatic nitrogens is 6. The SMILES string of the molecule is COC(=O)c1cc(N2CCCCC2)c2c(C3CCC3)nn(-c3ccc(F)cc3)c2n1.COC(=O)c1cc(N2CCN(C(=O)OC(C)(C)C)CC2)c2c(C3CCC3)nn(-c3ccc(F)cc3)c2n1. The van der Waals surface area contributed by atoms with E-state index in [4.69, 9.17) is 24.4 Å². The van der Waals surface area contributed by atoms with Gasteiger partial charge < -0.3 is 28.9 Å². The number of anilines is 2. The largest absolute Gasteiger partial charge is 0.464 e. The molecule has 6 heterocycles. The van der Waals surface area contributed by atoms with Crippen LogP contribution >= 0.6 is 0 Å². The first-order valence-corrected chi connectivity index (χ1v) is 23.3. The van der Waals surface area contributed by atoms with Gasteiger partial charge in [0.15, 0.2) is 22.7 Å². The maximum Gasteiger partial charge on any atom is 0.410 e. The van der Waals surface area contributed by atoms with Crippen LogP contribution in [0.15, 0.2) is 60.7 Å². The number of amides is 1. The third kappa shape index (κ3) is 9.37. The molecule has 4 fully saturated rings. The van der Waals surface area contributed by atoms with Crippen LogP contribution in [0.1, 0.15) is 123 Å². The van der Waals surface area contributed by atoms with Crippen LogP contribution in [0.3, 0.4) is 0 Å². The van der Waals surface area contributed by atoms with E-state index in [1.54, 1.807) is 44.6 Å². The minimum absolute atomic E-state index is 0.169. The van der Waals surface area contributed by atoms with Crippen LogP contribution in [0.4, 0.5) is 25.0 Å². The van der Waals surface area contributed by atoms with E-state index in [2.05, 4.69) is 19.8 Å². The number of hydrogen-bond donors (Lipinski definition) is 0. The lowest BCUT2D eigenvalue weighted by molar-refractivity contribution is 0.0240. The van der Waals surface area contributed by atoms with Gasteiger partial charge in [-0.3, -0.25) is 0 Å². The second-order valence-corrected chi connectivity index (χ2v) is 18.7. The monoisotopic (exact) mass is 917 g/mol. The van der Waals surface area contributed by atoms with Crippen molar-refractivity contribution in [1.29, 1.82) is 0 Å². The molecular formula is C50H57F2N9O6. The van der Waals surface area contributed by atoms with Crippen LogP contribution in [0.5, 0.6) is 0 Å². The molecule has 17 heteroatoms. The minimum Gasteiger partial charge on any atom is -0.464 e. The van der Waals surface area contributed by atoms with E-state index < -0.39 is 17.5 Å². The smallest absolute Gasteiger partial charge is 0.410 e. The highest BCUT2D eigenvalue weighted by Crippen LogP contribution is 2.44. The summed E-state index contributed by atoms with van der Waals surface area (Å²) in [7, 11) is 2.69. The molecule has 0 radical (unpaired) electrons. The molecule has 2 aromatic carbocycles. The number of piperazine rings is 1. The topological polar surface area (TPSA) is 150 Å². The second-order valence-electron chi connectivity index (χ2n) is 18.7. The molecule has 0 atom stereocenters. The van der Waals surface area contributed by atoms with Crippen LogP contribution in [-0.4, -0.2) is 112 Å². The fourth-order valence-corrected chi connectivity index (χ4v) is 9.21. The summed E-state index contributed by atoms with van der Waals surface area (Å²) in [5.74, 6) is -0.974. The quantitative estimate of drug-likeness (QED) is 0.106. The number of piperidine rings is 1. The van der Waals surface area contributed by atoms with Crippen LogP contribution in [-0.2, 0) is 14.2 Å². The molecule has 4 aliphatic rings. The van der Waals surface area contributed by atoms with Gasteiger partial charge >= 0.3 is 18.0 Å². The molecule has 2 saturated carbocycles. The summed E-state index contributed by atoms with van der Waals surface area (Å²) in [6.07, 6.45) is 9.74. The average Bonchev–Trinajstić information content (AvgIpc) is 3.86. The number of rotatable bonds is 8. The molecule has 2 saturated heterocycles. The Hall–Kier alpha value is -6.65. The highest BCUT2D eigenvalue weighted by molar-refractivity contribution is 6.00. The van der Waals surface area contributed by atoms with Gasteiger partial charge in [-0.25, -0.2) is 42.5 Å². The normalized spacial score (nSPS) is 16.9. The molecule has 0 unspecified atom stereocenters. The summed E-state index contributed by atoms with van der Waals surface area (Å²) in [5.41, 5.74) is 6.24. The number of benzene rings is 2. The first-order valence-electron chi connectivity index (χ1n) is 23.3. The molecule has 1 amide bonds. The zero-order valence-electron chi connectivity index (χ0n) is 38.8. The van der Waals surface area contributed by atoms with Gasteiger partial charge in [0.05, 0.1) is 59.1 Å². The Kier molecular flexibility index (Phi) is 12.8. The Morgan fingerprint density at radius 3 is 1.37 bits per heavy atom. The lowest BCUT2D eigenvalue weighted by Crippen LogP contribution is -2.50. The standard InChI is InChI=1S/C27H32FN5O4.C23H25FN4O2/c1-27(2,3)37-26(35)32-14-12-31(13-15-32)21-16-20(25(34)36-4)29-24-22(21)23(17-6-5-7-17)30-33(24)19-10-8-18(28)9-11-19;1-30-23(29)18-14-19(27-12-3-2-4-13-27)20-21(15-6-5-7-15)26-28(22(20)25-18)17-10-8-16(24)9-11-17/h8-11,16-17H,5-7,12-15H2,1-4H3;8-11,14-15H,2-7,12-13H2,1H3. The number of nitrogens with zero attached hydrogens (tertiary/aromatic N) is 9. The van der Waals surface area contributed by atoms with E-state index in [0.29, 0.717) is 49.1 Å². The molecule has 0 bridgehead atoms. The van der Waals surface area contributed by atoms with Crippen molar-refractivity contribution in [3.8, 4) is 11.4 Å². The van der Waals surface area contributed by atoms with Crippen LogP contribution in [0.2, 0.25) is 0 Å². The second kappa shape index (κ2) is 18.9. The van der Waals surface area contributed by atoms with E-state index >= 15 is 0 Å². The Morgan fingerprint density at radius 2 is 1.00 bits per heavy atom. The lowest BCUT2D eigenvalue weighted by Gasteiger charge is -2.37. The van der Waals surface area contributed by atoms with Crippen LogP contribution in [0, 0.1) is 11.6 Å². The number of ether oxygens (including phenoxy) is 3. The molecule has 2 aliphatic heterocycles. The van der Waals surface area contributed by atoms with Gasteiger partial charge in [0.1, 0.15) is 17.2 Å². The first kappa shape index (κ1) is 45.5. The molecule has 352 valence electrons. The predicted molar refractivity (Wildman–Crippen MR) is 250 cm³/mol. The number of carbonyl (C=O) groups excluding carboxylic acids is 3. The number of fused-ring (bicyclic) bond motifs is 2. The number of esters is 2. The van der Waals surface area contributed by atoms with E-state index in [-0.39, 0.29) is 35.0 Å². The van der Waals surface area contributed by atoms with Crippen molar-refractivity contribution in [1.82, 2.24) is 34.4 Å². The van der Waals surface area contributed by atoms with E-state index in [1.807, 2.05) is 26.8 Å². The number of hydrogen-bond acceptors (Lipinski definition) is 12. The minimum atomic E-state index is -0.562. The van der Waals surface area contributed by atoms with Crippen molar-refractivity contribution in [2.45, 2.75) is 96.0 Å². The van der Waals surface area contributed by atoms with Crippen molar-refractivity contribution in [2.75, 3.05) is 63.3 Å². The van der Waals surface area contributed by atoms with Gasteiger partial charge in [0.2, 0.25) is 0 Å². The molecular weight excluding hydrogens is 861 g/mol. The highest BCUT2D eigenvalue weighted by Gasteiger charge is 2.34. The van der Waals surface area contributed by atoms with Gasteiger partial charge in [-0.1, -0.05) is 12.8 Å². The van der Waals surface area contributed by atoms with E-state index in [0.717, 1.165) is 97.3 Å². The summed E-state index contributed by atoms with van der Waals surface area (Å²) in [5, 5.41) is 11.8. The van der Waals surface area contributed by atoms with Crippen molar-refractivity contribution in [2.24, 2.45) is 0 Å².